The maximum atomic E-state index is 9.35. The maximum Gasteiger partial charge on any atom is 0.111 e. The number of ether oxygens (including phenoxy) is 2. The summed E-state index contributed by atoms with van der Waals surface area (Å²) in [6, 6.07) is 0. The van der Waals surface area contributed by atoms with E-state index >= 15 is 0 Å². The second kappa shape index (κ2) is 3.49. The molecule has 1 heterocycles. The van der Waals surface area contributed by atoms with Gasteiger partial charge in [-0.1, -0.05) is 0 Å². The molecule has 0 radical (unpaired) electrons. The van der Waals surface area contributed by atoms with Gasteiger partial charge in [0, 0.05) is 7.11 Å². The molecule has 1 saturated heterocycles. The van der Waals surface area contributed by atoms with Crippen molar-refractivity contribution >= 4 is 0 Å². The Morgan fingerprint density at radius 2 is 2.00 bits per heavy atom. The van der Waals surface area contributed by atoms with Crippen molar-refractivity contribution in [1.29, 1.82) is 0 Å². The van der Waals surface area contributed by atoms with E-state index in [9.17, 15) is 10.2 Å². The van der Waals surface area contributed by atoms with Gasteiger partial charge in [0.1, 0.15) is 18.3 Å². The number of aliphatic hydroxyl groups excluding tert-OH is 2. The third-order valence-corrected chi connectivity index (χ3v) is 2.04. The van der Waals surface area contributed by atoms with E-state index in [1.165, 1.54) is 7.11 Å². The predicted molar refractivity (Wildman–Crippen MR) is 38.2 cm³/mol. The number of rotatable bonds is 1. The molecule has 0 bridgehead atoms. The van der Waals surface area contributed by atoms with Gasteiger partial charge in [0.15, 0.2) is 0 Å². The fourth-order valence-corrected chi connectivity index (χ4v) is 1.15. The normalized spacial score (nSPS) is 45.8. The predicted octanol–water partition coefficient (Wildman–Crippen LogP) is -0.858. The highest BCUT2D eigenvalue weighted by atomic mass is 16.6. The summed E-state index contributed by atoms with van der Waals surface area (Å²) in [5.74, 6) is 0. The van der Waals surface area contributed by atoms with Crippen LogP contribution in [0, 0.1) is 0 Å². The lowest BCUT2D eigenvalue weighted by molar-refractivity contribution is -0.189. The summed E-state index contributed by atoms with van der Waals surface area (Å²) in [6.07, 6.45) is -2.38. The van der Waals surface area contributed by atoms with Crippen LogP contribution < -0.4 is 0 Å². The number of aliphatic hydroxyl groups is 2. The van der Waals surface area contributed by atoms with Crippen LogP contribution in [0.4, 0.5) is 0 Å². The lowest BCUT2D eigenvalue weighted by atomic mass is 10.0. The Morgan fingerprint density at radius 1 is 1.36 bits per heavy atom. The lowest BCUT2D eigenvalue weighted by Gasteiger charge is -2.35. The Kier molecular flexibility index (Phi) is 2.84. The summed E-state index contributed by atoms with van der Waals surface area (Å²) in [5, 5.41) is 18.6. The van der Waals surface area contributed by atoms with Gasteiger partial charge in [0.2, 0.25) is 0 Å². The lowest BCUT2D eigenvalue weighted by Crippen LogP contribution is -2.52. The minimum Gasteiger partial charge on any atom is -0.388 e. The second-order valence-corrected chi connectivity index (χ2v) is 2.79. The molecule has 0 spiro atoms. The Labute approximate surface area is 65.7 Å². The zero-order valence-electron chi connectivity index (χ0n) is 6.73. The smallest absolute Gasteiger partial charge is 0.111 e. The quantitative estimate of drug-likeness (QED) is 0.527. The van der Waals surface area contributed by atoms with Crippen LogP contribution in [0.25, 0.3) is 0 Å². The summed E-state index contributed by atoms with van der Waals surface area (Å²) in [5.41, 5.74) is 0. The molecule has 0 aromatic heterocycles. The largest absolute Gasteiger partial charge is 0.388 e. The van der Waals surface area contributed by atoms with Gasteiger partial charge in [-0.05, 0) is 6.92 Å². The van der Waals surface area contributed by atoms with Gasteiger partial charge in [0.05, 0.1) is 12.7 Å². The zero-order valence-corrected chi connectivity index (χ0v) is 6.73. The maximum absolute atomic E-state index is 9.35. The van der Waals surface area contributed by atoms with Crippen LogP contribution in [0.1, 0.15) is 6.92 Å². The standard InChI is InChI=1S/C7H14O4/c1-4-6(8)7(9)5(10-2)3-11-4/h4-9H,3H2,1-2H3. The Bertz CT molecular complexity index is 126. The molecule has 1 rings (SSSR count). The molecule has 4 heteroatoms. The highest BCUT2D eigenvalue weighted by Crippen LogP contribution is 2.16. The highest BCUT2D eigenvalue weighted by molar-refractivity contribution is 4.84. The van der Waals surface area contributed by atoms with E-state index in [1.54, 1.807) is 6.92 Å². The van der Waals surface area contributed by atoms with Crippen LogP contribution >= 0.6 is 0 Å². The molecule has 1 fully saturated rings. The molecule has 66 valence electrons. The summed E-state index contributed by atoms with van der Waals surface area (Å²) >= 11 is 0. The van der Waals surface area contributed by atoms with E-state index in [4.69, 9.17) is 9.47 Å². The fraction of sp³-hybridized carbons (Fsp3) is 1.00. The molecule has 4 nitrogen and oxygen atoms in total. The summed E-state index contributed by atoms with van der Waals surface area (Å²) in [7, 11) is 1.49. The first-order chi connectivity index (χ1) is 5.16. The third-order valence-electron chi connectivity index (χ3n) is 2.04. The van der Waals surface area contributed by atoms with Crippen molar-refractivity contribution in [2.45, 2.75) is 31.3 Å². The number of methoxy groups -OCH3 is 1. The molecule has 1 aliphatic heterocycles. The second-order valence-electron chi connectivity index (χ2n) is 2.79. The van der Waals surface area contributed by atoms with E-state index in [2.05, 4.69) is 0 Å². The average molecular weight is 162 g/mol. The van der Waals surface area contributed by atoms with Crippen LogP contribution in [0.3, 0.4) is 0 Å². The molecule has 2 N–H and O–H groups in total. The summed E-state index contributed by atoms with van der Waals surface area (Å²) in [6.45, 7) is 2.07. The van der Waals surface area contributed by atoms with Gasteiger partial charge in [-0.25, -0.2) is 0 Å². The minimum atomic E-state index is -0.839. The Hall–Kier alpha value is -0.160. The first-order valence-corrected chi connectivity index (χ1v) is 3.67. The minimum absolute atomic E-state index is 0.309. The molecule has 0 aromatic rings. The van der Waals surface area contributed by atoms with E-state index in [0.717, 1.165) is 0 Å². The van der Waals surface area contributed by atoms with Crippen LogP contribution in [0.15, 0.2) is 0 Å². The van der Waals surface area contributed by atoms with Crippen molar-refractivity contribution in [3.63, 3.8) is 0 Å². The molecule has 4 unspecified atom stereocenters. The van der Waals surface area contributed by atoms with Crippen LogP contribution in [-0.2, 0) is 9.47 Å². The van der Waals surface area contributed by atoms with Gasteiger partial charge in [-0.2, -0.15) is 0 Å². The zero-order chi connectivity index (χ0) is 8.43. The van der Waals surface area contributed by atoms with Gasteiger partial charge in [0.25, 0.3) is 0 Å². The summed E-state index contributed by atoms with van der Waals surface area (Å²) < 4.78 is 10.0. The highest BCUT2D eigenvalue weighted by Gasteiger charge is 2.35. The van der Waals surface area contributed by atoms with Gasteiger partial charge < -0.3 is 19.7 Å². The van der Waals surface area contributed by atoms with E-state index in [1.807, 2.05) is 0 Å². The van der Waals surface area contributed by atoms with Gasteiger partial charge >= 0.3 is 0 Å². The molecule has 0 amide bonds. The Balaban J connectivity index is 2.52. The van der Waals surface area contributed by atoms with E-state index < -0.39 is 18.3 Å². The van der Waals surface area contributed by atoms with Crippen molar-refractivity contribution in [2.75, 3.05) is 13.7 Å². The summed E-state index contributed by atoms with van der Waals surface area (Å²) in [4.78, 5) is 0. The molecule has 11 heavy (non-hydrogen) atoms. The monoisotopic (exact) mass is 162 g/mol. The van der Waals surface area contributed by atoms with Crippen LogP contribution in [-0.4, -0.2) is 48.3 Å². The van der Waals surface area contributed by atoms with Crippen molar-refractivity contribution in [3.05, 3.63) is 0 Å². The van der Waals surface area contributed by atoms with Crippen LogP contribution in [0.5, 0.6) is 0 Å². The van der Waals surface area contributed by atoms with Crippen LogP contribution in [0.2, 0.25) is 0 Å². The van der Waals surface area contributed by atoms with Crippen molar-refractivity contribution < 1.29 is 19.7 Å². The topological polar surface area (TPSA) is 58.9 Å². The Morgan fingerprint density at radius 3 is 2.55 bits per heavy atom. The first kappa shape index (κ1) is 8.93. The van der Waals surface area contributed by atoms with Crippen molar-refractivity contribution in [3.8, 4) is 0 Å². The molecule has 0 aliphatic carbocycles. The first-order valence-electron chi connectivity index (χ1n) is 3.67. The van der Waals surface area contributed by atoms with Gasteiger partial charge in [-0.3, -0.25) is 0 Å². The van der Waals surface area contributed by atoms with E-state index in [0.29, 0.717) is 6.61 Å². The van der Waals surface area contributed by atoms with E-state index in [-0.39, 0.29) is 6.10 Å². The molecular weight excluding hydrogens is 148 g/mol. The molecular formula is C7H14O4. The average Bonchev–Trinajstić information content (AvgIpc) is 2.01. The molecule has 1 aliphatic rings. The molecule has 4 atom stereocenters. The SMILES string of the molecule is COC1COC(C)C(O)C1O. The number of hydrogen-bond donors (Lipinski definition) is 2. The number of hydrogen-bond acceptors (Lipinski definition) is 4. The third kappa shape index (κ3) is 1.70. The molecule has 0 aromatic carbocycles. The fourth-order valence-electron chi connectivity index (χ4n) is 1.15. The van der Waals surface area contributed by atoms with Crippen molar-refractivity contribution in [2.24, 2.45) is 0 Å². The van der Waals surface area contributed by atoms with Crippen molar-refractivity contribution in [1.82, 2.24) is 0 Å². The van der Waals surface area contributed by atoms with Gasteiger partial charge in [-0.15, -0.1) is 0 Å². The molecule has 0 saturated carbocycles.